The monoisotopic (exact) mass is 281 g/mol. The molecule has 0 atom stereocenters. The molecule has 0 aliphatic rings. The number of ether oxygens (including phenoxy) is 1. The first-order chi connectivity index (χ1) is 10.4. The van der Waals surface area contributed by atoms with E-state index in [-0.39, 0.29) is 0 Å². The molecule has 3 heteroatoms. The van der Waals surface area contributed by atoms with Crippen LogP contribution in [0.4, 0.5) is 5.69 Å². The molecule has 0 aliphatic heterocycles. The summed E-state index contributed by atoms with van der Waals surface area (Å²) in [6.45, 7) is 1.40. The van der Waals surface area contributed by atoms with Crippen LogP contribution in [0.3, 0.4) is 0 Å². The number of hydrogen-bond acceptors (Lipinski definition) is 3. The molecule has 0 spiro atoms. The molecule has 0 aliphatic carbocycles. The van der Waals surface area contributed by atoms with Gasteiger partial charge in [-0.15, -0.1) is 0 Å². The quantitative estimate of drug-likeness (QED) is 0.734. The lowest BCUT2D eigenvalue weighted by Crippen LogP contribution is -2.03. The lowest BCUT2D eigenvalue weighted by molar-refractivity contribution is 0.202. The van der Waals surface area contributed by atoms with E-state index in [1.54, 1.807) is 7.11 Å². The Morgan fingerprint density at radius 2 is 1.86 bits per heavy atom. The predicted molar refractivity (Wildman–Crippen MR) is 85.6 cm³/mol. The van der Waals surface area contributed by atoms with Gasteiger partial charge >= 0.3 is 0 Å². The van der Waals surface area contributed by atoms with Gasteiger partial charge in [-0.1, -0.05) is 36.4 Å². The Bertz CT molecular complexity index is 685. The van der Waals surface area contributed by atoms with Gasteiger partial charge in [-0.25, -0.2) is 0 Å². The Morgan fingerprint density at radius 3 is 2.71 bits per heavy atom. The van der Waals surface area contributed by atoms with Gasteiger partial charge in [0.15, 0.2) is 0 Å². The maximum atomic E-state index is 5.82. The van der Waals surface area contributed by atoms with Crippen LogP contribution in [-0.2, 0) is 17.7 Å². The summed E-state index contributed by atoms with van der Waals surface area (Å²) in [5.74, 6) is 0.942. The summed E-state index contributed by atoms with van der Waals surface area (Å²) in [6.07, 6.45) is 0.903. The number of anilines is 1. The van der Waals surface area contributed by atoms with Crippen molar-refractivity contribution < 1.29 is 9.15 Å². The minimum absolute atomic E-state index is 0.679. The van der Waals surface area contributed by atoms with Crippen molar-refractivity contribution in [2.24, 2.45) is 0 Å². The van der Waals surface area contributed by atoms with E-state index in [1.807, 2.05) is 24.3 Å². The zero-order chi connectivity index (χ0) is 14.5. The number of methoxy groups -OCH3 is 1. The Morgan fingerprint density at radius 1 is 1.05 bits per heavy atom. The predicted octanol–water partition coefficient (Wildman–Crippen LogP) is 4.23. The summed E-state index contributed by atoms with van der Waals surface area (Å²) in [6, 6.07) is 18.5. The lowest BCUT2D eigenvalue weighted by Gasteiger charge is -2.10. The van der Waals surface area contributed by atoms with Crippen molar-refractivity contribution in [3.05, 3.63) is 65.9 Å². The van der Waals surface area contributed by atoms with Crippen LogP contribution in [-0.4, -0.2) is 13.7 Å². The molecule has 1 N–H and O–H groups in total. The Kier molecular flexibility index (Phi) is 4.22. The van der Waals surface area contributed by atoms with Crippen molar-refractivity contribution in [1.82, 2.24) is 0 Å². The van der Waals surface area contributed by atoms with E-state index in [1.165, 1.54) is 5.56 Å². The standard InChI is InChI=1S/C18H19NO2/c1-20-11-10-14-6-2-4-8-17(14)19-13-16-12-15-7-3-5-9-18(15)21-16/h2-9,12,19H,10-11,13H2,1H3. The van der Waals surface area contributed by atoms with Crippen molar-refractivity contribution in [1.29, 1.82) is 0 Å². The highest BCUT2D eigenvalue weighted by Crippen LogP contribution is 2.21. The normalized spacial score (nSPS) is 10.9. The molecule has 1 aromatic heterocycles. The third-order valence-corrected chi connectivity index (χ3v) is 3.52. The highest BCUT2D eigenvalue weighted by atomic mass is 16.5. The second kappa shape index (κ2) is 6.46. The van der Waals surface area contributed by atoms with Crippen LogP contribution in [0.25, 0.3) is 11.0 Å². The van der Waals surface area contributed by atoms with E-state index in [9.17, 15) is 0 Å². The van der Waals surface area contributed by atoms with Crippen LogP contribution in [0.1, 0.15) is 11.3 Å². The molecule has 0 bridgehead atoms. The minimum atomic E-state index is 0.679. The summed E-state index contributed by atoms with van der Waals surface area (Å²) < 4.78 is 11.0. The van der Waals surface area contributed by atoms with Crippen molar-refractivity contribution in [3.63, 3.8) is 0 Å². The summed E-state index contributed by atoms with van der Waals surface area (Å²) in [5, 5.41) is 4.59. The number of nitrogens with one attached hydrogen (secondary N) is 1. The van der Waals surface area contributed by atoms with Crippen LogP contribution in [0.5, 0.6) is 0 Å². The topological polar surface area (TPSA) is 34.4 Å². The van der Waals surface area contributed by atoms with Crippen LogP contribution >= 0.6 is 0 Å². The second-order valence-electron chi connectivity index (χ2n) is 5.00. The molecule has 3 rings (SSSR count). The van der Waals surface area contributed by atoms with Crippen LogP contribution in [0.2, 0.25) is 0 Å². The molecule has 0 amide bonds. The average molecular weight is 281 g/mol. The van der Waals surface area contributed by atoms with E-state index >= 15 is 0 Å². The fourth-order valence-electron chi connectivity index (χ4n) is 2.43. The molecular weight excluding hydrogens is 262 g/mol. The lowest BCUT2D eigenvalue weighted by atomic mass is 10.1. The molecule has 2 aromatic carbocycles. The molecule has 3 aromatic rings. The largest absolute Gasteiger partial charge is 0.459 e. The van der Waals surface area contributed by atoms with Gasteiger partial charge in [-0.05, 0) is 30.2 Å². The maximum absolute atomic E-state index is 5.82. The first-order valence-electron chi connectivity index (χ1n) is 7.15. The molecule has 108 valence electrons. The Labute approximate surface area is 124 Å². The van der Waals surface area contributed by atoms with Gasteiger partial charge in [-0.2, -0.15) is 0 Å². The maximum Gasteiger partial charge on any atom is 0.134 e. The molecule has 21 heavy (non-hydrogen) atoms. The van der Waals surface area contributed by atoms with Crippen LogP contribution in [0.15, 0.2) is 59.0 Å². The molecule has 0 saturated carbocycles. The fourth-order valence-corrected chi connectivity index (χ4v) is 2.43. The second-order valence-corrected chi connectivity index (χ2v) is 5.00. The zero-order valence-corrected chi connectivity index (χ0v) is 12.1. The van der Waals surface area contributed by atoms with E-state index in [0.717, 1.165) is 35.4 Å². The number of rotatable bonds is 6. The van der Waals surface area contributed by atoms with Crippen LogP contribution in [0, 0.1) is 0 Å². The first-order valence-corrected chi connectivity index (χ1v) is 7.15. The first kappa shape index (κ1) is 13.7. The number of fused-ring (bicyclic) bond motifs is 1. The van der Waals surface area contributed by atoms with Gasteiger partial charge < -0.3 is 14.5 Å². The van der Waals surface area contributed by atoms with E-state index < -0.39 is 0 Å². The van der Waals surface area contributed by atoms with E-state index in [2.05, 4.69) is 35.6 Å². The van der Waals surface area contributed by atoms with Gasteiger partial charge in [0.2, 0.25) is 0 Å². The number of hydrogen-bond donors (Lipinski definition) is 1. The van der Waals surface area contributed by atoms with Crippen molar-refractivity contribution in [2.75, 3.05) is 19.0 Å². The smallest absolute Gasteiger partial charge is 0.134 e. The molecular formula is C18H19NO2. The van der Waals surface area contributed by atoms with Crippen molar-refractivity contribution in [3.8, 4) is 0 Å². The summed E-state index contributed by atoms with van der Waals surface area (Å²) in [5.41, 5.74) is 3.33. The van der Waals surface area contributed by atoms with Gasteiger partial charge in [0.05, 0.1) is 13.2 Å². The molecule has 3 nitrogen and oxygen atoms in total. The third kappa shape index (κ3) is 3.26. The number of furan rings is 1. The SMILES string of the molecule is COCCc1ccccc1NCc1cc2ccccc2o1. The average Bonchev–Trinajstić information content (AvgIpc) is 2.94. The van der Waals surface area contributed by atoms with Gasteiger partial charge in [0.25, 0.3) is 0 Å². The molecule has 1 heterocycles. The van der Waals surface area contributed by atoms with Crippen molar-refractivity contribution >= 4 is 16.7 Å². The number of benzene rings is 2. The highest BCUT2D eigenvalue weighted by Gasteiger charge is 2.05. The highest BCUT2D eigenvalue weighted by molar-refractivity contribution is 5.77. The Hall–Kier alpha value is -2.26. The molecule has 0 saturated heterocycles. The fraction of sp³-hybridized carbons (Fsp3) is 0.222. The summed E-state index contributed by atoms with van der Waals surface area (Å²) in [7, 11) is 1.73. The molecule has 0 radical (unpaired) electrons. The van der Waals surface area contributed by atoms with Gasteiger partial charge in [0.1, 0.15) is 11.3 Å². The zero-order valence-electron chi connectivity index (χ0n) is 12.1. The number of para-hydroxylation sites is 2. The van der Waals surface area contributed by atoms with Gasteiger partial charge in [-0.3, -0.25) is 0 Å². The van der Waals surface area contributed by atoms with Gasteiger partial charge in [0, 0.05) is 18.2 Å². The molecule has 0 unspecified atom stereocenters. The summed E-state index contributed by atoms with van der Waals surface area (Å²) >= 11 is 0. The Balaban J connectivity index is 1.72. The van der Waals surface area contributed by atoms with E-state index in [0.29, 0.717) is 6.54 Å². The summed E-state index contributed by atoms with van der Waals surface area (Å²) in [4.78, 5) is 0. The minimum Gasteiger partial charge on any atom is -0.459 e. The van der Waals surface area contributed by atoms with Crippen molar-refractivity contribution in [2.45, 2.75) is 13.0 Å². The van der Waals surface area contributed by atoms with E-state index in [4.69, 9.17) is 9.15 Å². The molecule has 0 fully saturated rings. The third-order valence-electron chi connectivity index (χ3n) is 3.52. The van der Waals surface area contributed by atoms with Crippen LogP contribution < -0.4 is 5.32 Å².